The normalized spacial score (nSPS) is 10.9. The van der Waals surface area contributed by atoms with Crippen molar-refractivity contribution in [1.29, 1.82) is 0 Å². The third-order valence-corrected chi connectivity index (χ3v) is 3.58. The number of halogens is 2. The van der Waals surface area contributed by atoms with Gasteiger partial charge in [0, 0.05) is 12.6 Å². The Labute approximate surface area is 125 Å². The molecule has 20 heavy (non-hydrogen) atoms. The first kappa shape index (κ1) is 13.0. The van der Waals surface area contributed by atoms with Crippen LogP contribution in [0.3, 0.4) is 0 Å². The van der Waals surface area contributed by atoms with Gasteiger partial charge in [-0.3, -0.25) is 0 Å². The highest BCUT2D eigenvalue weighted by Crippen LogP contribution is 2.33. The van der Waals surface area contributed by atoms with Crippen molar-refractivity contribution in [2.24, 2.45) is 0 Å². The summed E-state index contributed by atoms with van der Waals surface area (Å²) < 4.78 is 0. The lowest BCUT2D eigenvalue weighted by Crippen LogP contribution is -1.91. The molecule has 2 aromatic heterocycles. The minimum absolute atomic E-state index is 0.365. The topological polar surface area (TPSA) is 79.6 Å². The van der Waals surface area contributed by atoms with E-state index in [1.54, 1.807) is 19.2 Å². The lowest BCUT2D eigenvalue weighted by molar-refractivity contribution is 1.28. The molecule has 0 saturated heterocycles. The molecule has 0 aliphatic rings. The van der Waals surface area contributed by atoms with Crippen molar-refractivity contribution in [3.63, 3.8) is 0 Å². The molecule has 1 aromatic carbocycles. The van der Waals surface area contributed by atoms with Gasteiger partial charge < -0.3 is 16.0 Å². The van der Waals surface area contributed by atoms with Crippen molar-refractivity contribution in [1.82, 2.24) is 15.0 Å². The number of nitrogens with two attached hydrogens (primary N) is 1. The number of nitrogens with zero attached hydrogens (tertiary/aromatic N) is 2. The number of nitrogen functional groups attached to an aromatic ring is 1. The van der Waals surface area contributed by atoms with Crippen molar-refractivity contribution in [3.8, 4) is 11.4 Å². The van der Waals surface area contributed by atoms with Crippen LogP contribution in [0.1, 0.15) is 0 Å². The number of nitrogens with one attached hydrogen (secondary N) is 2. The first-order chi connectivity index (χ1) is 9.58. The third-order valence-electron chi connectivity index (χ3n) is 2.95. The highest BCUT2D eigenvalue weighted by atomic mass is 35.5. The Balaban J connectivity index is 2.14. The van der Waals surface area contributed by atoms with Crippen LogP contribution in [0.5, 0.6) is 0 Å². The van der Waals surface area contributed by atoms with Crippen molar-refractivity contribution < 1.29 is 0 Å². The molecule has 5 nitrogen and oxygen atoms in total. The minimum atomic E-state index is 0.365. The Kier molecular flexibility index (Phi) is 3.16. The zero-order valence-electron chi connectivity index (χ0n) is 10.5. The molecule has 7 heteroatoms. The summed E-state index contributed by atoms with van der Waals surface area (Å²) in [5.74, 6) is 1.40. The summed E-state index contributed by atoms with van der Waals surface area (Å²) in [7, 11) is 1.81. The van der Waals surface area contributed by atoms with E-state index in [9.17, 15) is 0 Å². The maximum Gasteiger partial charge on any atom is 0.180 e. The lowest BCUT2D eigenvalue weighted by Gasteiger charge is -2.03. The zero-order valence-corrected chi connectivity index (χ0v) is 12.0. The maximum atomic E-state index is 6.04. The van der Waals surface area contributed by atoms with E-state index in [-0.39, 0.29) is 0 Å². The molecule has 4 N–H and O–H groups in total. The van der Waals surface area contributed by atoms with Gasteiger partial charge in [-0.25, -0.2) is 9.97 Å². The van der Waals surface area contributed by atoms with E-state index in [1.165, 1.54) is 0 Å². The number of imidazole rings is 1. The van der Waals surface area contributed by atoms with Crippen LogP contribution in [0, 0.1) is 0 Å². The van der Waals surface area contributed by atoms with Gasteiger partial charge in [-0.1, -0.05) is 23.2 Å². The van der Waals surface area contributed by atoms with Gasteiger partial charge >= 0.3 is 0 Å². The fraction of sp³-hybridized carbons (Fsp3) is 0.0769. The molecule has 0 saturated carbocycles. The second kappa shape index (κ2) is 4.85. The van der Waals surface area contributed by atoms with E-state index in [0.717, 1.165) is 16.9 Å². The highest BCUT2D eigenvalue weighted by molar-refractivity contribution is 6.39. The van der Waals surface area contributed by atoms with Gasteiger partial charge in [0.1, 0.15) is 11.6 Å². The van der Waals surface area contributed by atoms with Gasteiger partial charge in [-0.15, -0.1) is 0 Å². The van der Waals surface area contributed by atoms with E-state index in [0.29, 0.717) is 27.2 Å². The smallest absolute Gasteiger partial charge is 0.180 e. The third kappa shape index (κ3) is 2.15. The average molecular weight is 308 g/mol. The number of fused-ring (bicyclic) bond motifs is 1. The van der Waals surface area contributed by atoms with Crippen LogP contribution in [0.15, 0.2) is 24.3 Å². The highest BCUT2D eigenvalue weighted by Gasteiger charge is 2.11. The minimum Gasteiger partial charge on any atom is -0.396 e. The first-order valence-corrected chi connectivity index (χ1v) is 6.63. The van der Waals surface area contributed by atoms with Gasteiger partial charge in [0.15, 0.2) is 5.65 Å². The maximum absolute atomic E-state index is 6.04. The average Bonchev–Trinajstić information content (AvgIpc) is 2.86. The lowest BCUT2D eigenvalue weighted by atomic mass is 10.2. The molecule has 3 aromatic rings. The molecule has 2 heterocycles. The SMILES string of the molecule is CNc1ccc2[nH]c(-c3cc(Cl)c(N)c(Cl)c3)nc2n1. The molecule has 3 rings (SSSR count). The number of hydrogen-bond acceptors (Lipinski definition) is 4. The van der Waals surface area contributed by atoms with Crippen LogP contribution in [-0.4, -0.2) is 22.0 Å². The molecule has 0 unspecified atom stereocenters. The number of benzene rings is 1. The molecule has 0 radical (unpaired) electrons. The Hall–Kier alpha value is -1.98. The van der Waals surface area contributed by atoms with E-state index < -0.39 is 0 Å². The molecular weight excluding hydrogens is 297 g/mol. The summed E-state index contributed by atoms with van der Waals surface area (Å²) >= 11 is 12.1. The van der Waals surface area contributed by atoms with Crippen LogP contribution in [0.4, 0.5) is 11.5 Å². The molecule has 0 fully saturated rings. The summed E-state index contributed by atoms with van der Waals surface area (Å²) in [5, 5.41) is 3.77. The summed E-state index contributed by atoms with van der Waals surface area (Å²) in [6.45, 7) is 0. The van der Waals surface area contributed by atoms with Gasteiger partial charge in [0.25, 0.3) is 0 Å². The van der Waals surface area contributed by atoms with Gasteiger partial charge in [0.2, 0.25) is 0 Å². The standard InChI is InChI=1S/C13H11Cl2N5/c1-17-10-3-2-9-13(19-10)20-12(18-9)6-4-7(14)11(16)8(15)5-6/h2-5H,16H2,1H3,(H2,17,18,19,20). The molecule has 102 valence electrons. The largest absolute Gasteiger partial charge is 0.396 e. The number of pyridine rings is 1. The zero-order chi connectivity index (χ0) is 14.3. The second-order valence-electron chi connectivity index (χ2n) is 4.26. The number of anilines is 2. The second-order valence-corrected chi connectivity index (χ2v) is 5.07. The molecule has 0 atom stereocenters. The molecule has 0 bridgehead atoms. The van der Waals surface area contributed by atoms with Gasteiger partial charge in [0.05, 0.1) is 21.2 Å². The fourth-order valence-corrected chi connectivity index (χ4v) is 2.38. The molecule has 0 spiro atoms. The molecular formula is C13H11Cl2N5. The first-order valence-electron chi connectivity index (χ1n) is 5.88. The van der Waals surface area contributed by atoms with Crippen LogP contribution >= 0.6 is 23.2 Å². The van der Waals surface area contributed by atoms with Gasteiger partial charge in [-0.05, 0) is 24.3 Å². The summed E-state index contributed by atoms with van der Waals surface area (Å²) in [6, 6.07) is 7.22. The van der Waals surface area contributed by atoms with Gasteiger partial charge in [-0.2, -0.15) is 0 Å². The number of hydrogen-bond donors (Lipinski definition) is 3. The number of aromatic nitrogens is 3. The monoisotopic (exact) mass is 307 g/mol. The van der Waals surface area contributed by atoms with Crippen molar-refractivity contribution in [2.45, 2.75) is 0 Å². The van der Waals surface area contributed by atoms with Crippen LogP contribution in [0.25, 0.3) is 22.6 Å². The van der Waals surface area contributed by atoms with Crippen LogP contribution < -0.4 is 11.1 Å². The molecule has 0 aliphatic carbocycles. The Morgan fingerprint density at radius 2 is 1.85 bits per heavy atom. The predicted molar refractivity (Wildman–Crippen MR) is 83.3 cm³/mol. The molecule has 0 amide bonds. The quantitative estimate of drug-likeness (QED) is 0.632. The van der Waals surface area contributed by atoms with Crippen molar-refractivity contribution in [2.75, 3.05) is 18.1 Å². The number of H-pyrrole nitrogens is 1. The van der Waals surface area contributed by atoms with Crippen LogP contribution in [-0.2, 0) is 0 Å². The van der Waals surface area contributed by atoms with E-state index in [4.69, 9.17) is 28.9 Å². The van der Waals surface area contributed by atoms with E-state index in [1.807, 2.05) is 12.1 Å². The van der Waals surface area contributed by atoms with Crippen LogP contribution in [0.2, 0.25) is 10.0 Å². The predicted octanol–water partition coefficient (Wildman–Crippen LogP) is 3.56. The summed E-state index contributed by atoms with van der Waals surface area (Å²) in [6.07, 6.45) is 0. The fourth-order valence-electron chi connectivity index (χ4n) is 1.89. The Bertz CT molecular complexity index is 774. The summed E-state index contributed by atoms with van der Waals surface area (Å²) in [5.41, 5.74) is 8.31. The van der Waals surface area contributed by atoms with Crippen molar-refractivity contribution >= 4 is 45.9 Å². The Morgan fingerprint density at radius 3 is 2.50 bits per heavy atom. The number of aromatic amines is 1. The van der Waals surface area contributed by atoms with E-state index in [2.05, 4.69) is 20.3 Å². The number of rotatable bonds is 2. The van der Waals surface area contributed by atoms with Crippen molar-refractivity contribution in [3.05, 3.63) is 34.3 Å². The Morgan fingerprint density at radius 1 is 1.15 bits per heavy atom. The molecule has 0 aliphatic heterocycles. The summed E-state index contributed by atoms with van der Waals surface area (Å²) in [4.78, 5) is 12.0. The van der Waals surface area contributed by atoms with E-state index >= 15 is 0 Å².